The number of carbonyl (C=O) groups is 1. The Morgan fingerprint density at radius 1 is 1.33 bits per heavy atom. The van der Waals surface area contributed by atoms with Gasteiger partial charge in [0.2, 0.25) is 0 Å². The van der Waals surface area contributed by atoms with Gasteiger partial charge in [-0.1, -0.05) is 12.1 Å². The standard InChI is InChI=1S/C12H11NO4.K.H/c1-16-9-6-7-4-3-5-8(12(14)15)10(7)13-11(9)17-2;;/h3-6H,1-2H3,(H,14,15);;/q;+1;-1. The summed E-state index contributed by atoms with van der Waals surface area (Å²) >= 11 is 0. The first-order valence-electron chi connectivity index (χ1n) is 4.92. The van der Waals surface area contributed by atoms with Gasteiger partial charge in [0.05, 0.1) is 25.3 Å². The normalized spacial score (nSPS) is 9.67. The van der Waals surface area contributed by atoms with Gasteiger partial charge >= 0.3 is 57.4 Å². The zero-order valence-electron chi connectivity index (χ0n) is 11.4. The molecule has 0 aliphatic carbocycles. The molecule has 0 unspecified atom stereocenters. The maximum Gasteiger partial charge on any atom is 1.00 e. The molecule has 2 aromatic rings. The Balaban J connectivity index is 0.00000162. The minimum atomic E-state index is -1.02. The van der Waals surface area contributed by atoms with Crippen LogP contribution in [0, 0.1) is 0 Å². The van der Waals surface area contributed by atoms with Crippen molar-refractivity contribution in [1.29, 1.82) is 0 Å². The summed E-state index contributed by atoms with van der Waals surface area (Å²) in [7, 11) is 2.96. The van der Waals surface area contributed by atoms with Crippen LogP contribution in [-0.2, 0) is 0 Å². The fourth-order valence-corrected chi connectivity index (χ4v) is 1.63. The first kappa shape index (κ1) is 15.4. The molecule has 1 N–H and O–H groups in total. The molecule has 5 nitrogen and oxygen atoms in total. The van der Waals surface area contributed by atoms with Gasteiger partial charge in [-0.3, -0.25) is 0 Å². The van der Waals surface area contributed by atoms with Gasteiger partial charge < -0.3 is 16.0 Å². The molecule has 18 heavy (non-hydrogen) atoms. The SMILES string of the molecule is COc1cc2cccc(C(=O)O)c2nc1OC.[H-].[K+]. The third kappa shape index (κ3) is 2.84. The van der Waals surface area contributed by atoms with Crippen LogP contribution in [0.25, 0.3) is 10.9 Å². The Kier molecular flexibility index (Phi) is 5.55. The van der Waals surface area contributed by atoms with Crippen LogP contribution < -0.4 is 60.9 Å². The van der Waals surface area contributed by atoms with E-state index in [4.69, 9.17) is 14.6 Å². The summed E-state index contributed by atoms with van der Waals surface area (Å²) in [4.78, 5) is 15.2. The van der Waals surface area contributed by atoms with Crippen molar-refractivity contribution in [3.8, 4) is 11.6 Å². The molecule has 0 atom stereocenters. The number of ether oxygens (including phenoxy) is 2. The molecule has 1 aromatic heterocycles. The van der Waals surface area contributed by atoms with Crippen molar-refractivity contribution in [2.24, 2.45) is 0 Å². The molecule has 0 amide bonds. The largest absolute Gasteiger partial charge is 1.00 e. The van der Waals surface area contributed by atoms with Gasteiger partial charge in [0.25, 0.3) is 5.88 Å². The number of hydrogen-bond acceptors (Lipinski definition) is 4. The number of benzene rings is 1. The Morgan fingerprint density at radius 2 is 2.06 bits per heavy atom. The first-order valence-corrected chi connectivity index (χ1v) is 4.92. The molecule has 1 heterocycles. The summed E-state index contributed by atoms with van der Waals surface area (Å²) in [5, 5.41) is 9.76. The van der Waals surface area contributed by atoms with Crippen LogP contribution in [0.3, 0.4) is 0 Å². The topological polar surface area (TPSA) is 68.7 Å². The fraction of sp³-hybridized carbons (Fsp3) is 0.167. The summed E-state index contributed by atoms with van der Waals surface area (Å²) in [6, 6.07) is 6.65. The molecule has 6 heteroatoms. The number of para-hydroxylation sites is 1. The number of nitrogens with zero attached hydrogens (tertiary/aromatic N) is 1. The molecule has 2 rings (SSSR count). The van der Waals surface area contributed by atoms with E-state index in [1.807, 2.05) is 0 Å². The number of aromatic carboxylic acids is 1. The average Bonchev–Trinajstić information content (AvgIpc) is 2.35. The average molecular weight is 273 g/mol. The van der Waals surface area contributed by atoms with Crippen molar-refractivity contribution in [3.63, 3.8) is 0 Å². The number of fused-ring (bicyclic) bond motifs is 1. The van der Waals surface area contributed by atoms with E-state index < -0.39 is 5.97 Å². The Bertz CT molecular complexity index is 591. The molecule has 0 bridgehead atoms. The van der Waals surface area contributed by atoms with Gasteiger partial charge in [-0.25, -0.2) is 9.78 Å². The molecule has 0 spiro atoms. The second-order valence-electron chi connectivity index (χ2n) is 3.38. The minimum Gasteiger partial charge on any atom is -1.00 e. The van der Waals surface area contributed by atoms with Crippen molar-refractivity contribution in [2.45, 2.75) is 0 Å². The molecule has 0 saturated carbocycles. The van der Waals surface area contributed by atoms with Gasteiger partial charge in [0.1, 0.15) is 0 Å². The molecule has 0 aliphatic heterocycles. The Labute approximate surface area is 148 Å². The van der Waals surface area contributed by atoms with E-state index in [2.05, 4.69) is 4.98 Å². The number of carboxylic acid groups (broad SMARTS) is 1. The van der Waals surface area contributed by atoms with Crippen LogP contribution in [0.1, 0.15) is 11.8 Å². The van der Waals surface area contributed by atoms with Crippen molar-refractivity contribution >= 4 is 16.9 Å². The third-order valence-electron chi connectivity index (χ3n) is 2.42. The van der Waals surface area contributed by atoms with Crippen molar-refractivity contribution < 1.29 is 72.2 Å². The predicted octanol–water partition coefficient (Wildman–Crippen LogP) is -0.933. The summed E-state index contributed by atoms with van der Waals surface area (Å²) in [5.74, 6) is -0.272. The van der Waals surface area contributed by atoms with Crippen molar-refractivity contribution in [1.82, 2.24) is 4.98 Å². The molecule has 0 saturated heterocycles. The van der Waals surface area contributed by atoms with Gasteiger partial charge in [0, 0.05) is 5.39 Å². The smallest absolute Gasteiger partial charge is 1.00 e. The Hall–Kier alpha value is -0.664. The van der Waals surface area contributed by atoms with E-state index in [0.29, 0.717) is 16.7 Å². The molecule has 90 valence electrons. The molecular weight excluding hydrogens is 261 g/mol. The zero-order chi connectivity index (χ0) is 12.4. The monoisotopic (exact) mass is 273 g/mol. The predicted molar refractivity (Wildman–Crippen MR) is 62.9 cm³/mol. The number of carboxylic acids is 1. The summed E-state index contributed by atoms with van der Waals surface area (Å²) in [6.07, 6.45) is 0. The van der Waals surface area contributed by atoms with E-state index in [0.717, 1.165) is 0 Å². The molecule has 1 aromatic carbocycles. The summed E-state index contributed by atoms with van der Waals surface area (Å²) in [5.41, 5.74) is 0.529. The van der Waals surface area contributed by atoms with E-state index in [1.165, 1.54) is 20.3 Å². The third-order valence-corrected chi connectivity index (χ3v) is 2.42. The van der Waals surface area contributed by atoms with E-state index in [9.17, 15) is 4.79 Å². The Morgan fingerprint density at radius 3 is 2.61 bits per heavy atom. The summed E-state index contributed by atoms with van der Waals surface area (Å²) in [6.45, 7) is 0. The zero-order valence-corrected chi connectivity index (χ0v) is 13.6. The number of methoxy groups -OCH3 is 2. The van der Waals surface area contributed by atoms with Crippen LogP contribution >= 0.6 is 0 Å². The van der Waals surface area contributed by atoms with Crippen molar-refractivity contribution in [2.75, 3.05) is 14.2 Å². The first-order chi connectivity index (χ1) is 8.17. The van der Waals surface area contributed by atoms with Gasteiger partial charge in [-0.15, -0.1) is 0 Å². The number of rotatable bonds is 3. The van der Waals surface area contributed by atoms with Crippen LogP contribution in [-0.4, -0.2) is 30.3 Å². The van der Waals surface area contributed by atoms with E-state index in [1.54, 1.807) is 18.2 Å². The second kappa shape index (κ2) is 6.49. The van der Waals surface area contributed by atoms with Crippen LogP contribution in [0.2, 0.25) is 0 Å². The van der Waals surface area contributed by atoms with Crippen LogP contribution in [0.5, 0.6) is 11.6 Å². The molecule has 0 aliphatic rings. The maximum absolute atomic E-state index is 11.1. The molecule has 0 radical (unpaired) electrons. The van der Waals surface area contributed by atoms with Gasteiger partial charge in [0.15, 0.2) is 5.75 Å². The summed E-state index contributed by atoms with van der Waals surface area (Å²) < 4.78 is 10.2. The van der Waals surface area contributed by atoms with Crippen LogP contribution in [0.15, 0.2) is 24.3 Å². The maximum atomic E-state index is 11.1. The van der Waals surface area contributed by atoms with E-state index in [-0.39, 0.29) is 64.3 Å². The number of hydrogen-bond donors (Lipinski definition) is 1. The van der Waals surface area contributed by atoms with E-state index >= 15 is 0 Å². The fourth-order valence-electron chi connectivity index (χ4n) is 1.63. The van der Waals surface area contributed by atoms with Gasteiger partial charge in [-0.2, -0.15) is 0 Å². The molecule has 0 fully saturated rings. The van der Waals surface area contributed by atoms with Crippen LogP contribution in [0.4, 0.5) is 0 Å². The molecular formula is C12H12KNO4. The minimum absolute atomic E-state index is 0. The van der Waals surface area contributed by atoms with Crippen molar-refractivity contribution in [3.05, 3.63) is 29.8 Å². The number of pyridine rings is 1. The quantitative estimate of drug-likeness (QED) is 0.732. The second-order valence-corrected chi connectivity index (χ2v) is 3.38. The number of aromatic nitrogens is 1. The van der Waals surface area contributed by atoms with Gasteiger partial charge in [-0.05, 0) is 12.1 Å².